The lowest BCUT2D eigenvalue weighted by atomic mass is 9.70. The second-order valence-corrected chi connectivity index (χ2v) is 6.33. The van der Waals surface area contributed by atoms with Gasteiger partial charge in [0.2, 0.25) is 5.91 Å². The molecule has 1 aromatic carbocycles. The number of nitrogens with one attached hydrogen (secondary N) is 1. The maximum Gasteiger partial charge on any atom is 0.307 e. The summed E-state index contributed by atoms with van der Waals surface area (Å²) in [5, 5.41) is 11.9. The number of fused-ring (bicyclic) bond motifs is 1. The molecular weight excluding hydrogens is 270 g/mol. The number of hydrogen-bond acceptors (Lipinski definition) is 3. The number of anilines is 1. The van der Waals surface area contributed by atoms with Crippen LogP contribution >= 0.6 is 0 Å². The van der Waals surface area contributed by atoms with E-state index in [0.717, 1.165) is 11.3 Å². The number of benzene rings is 1. The van der Waals surface area contributed by atoms with Crippen molar-refractivity contribution in [2.75, 3.05) is 5.32 Å². The van der Waals surface area contributed by atoms with Gasteiger partial charge in [0.05, 0.1) is 11.3 Å². The number of hydrogen-bond donors (Lipinski definition) is 2. The first-order valence-corrected chi connectivity index (χ1v) is 7.05. The Morgan fingerprint density at radius 2 is 1.90 bits per heavy atom. The molecular formula is C16H17NO4. The quantitative estimate of drug-likeness (QED) is 0.835. The number of rotatable bonds is 3. The fraction of sp³-hybridized carbons (Fsp3) is 0.438. The number of carboxylic acids is 1. The molecule has 21 heavy (non-hydrogen) atoms. The van der Waals surface area contributed by atoms with Crippen molar-refractivity contribution in [3.8, 4) is 0 Å². The Balaban J connectivity index is 1.92. The molecule has 0 spiro atoms. The highest BCUT2D eigenvalue weighted by atomic mass is 16.4. The number of amides is 1. The monoisotopic (exact) mass is 287 g/mol. The lowest BCUT2D eigenvalue weighted by molar-refractivity contribution is -0.146. The van der Waals surface area contributed by atoms with Crippen LogP contribution in [0.1, 0.15) is 42.6 Å². The van der Waals surface area contributed by atoms with Crippen LogP contribution in [0.25, 0.3) is 0 Å². The summed E-state index contributed by atoms with van der Waals surface area (Å²) in [5.41, 5.74) is 1.35. The molecule has 0 saturated heterocycles. The summed E-state index contributed by atoms with van der Waals surface area (Å²) < 4.78 is 0. The number of Topliss-reactive ketones (excluding diaryl/α,β-unsaturated/α-hetero) is 1. The molecule has 0 unspecified atom stereocenters. The Hall–Kier alpha value is -2.17. The van der Waals surface area contributed by atoms with Crippen molar-refractivity contribution in [2.45, 2.75) is 32.1 Å². The Morgan fingerprint density at radius 3 is 2.48 bits per heavy atom. The van der Waals surface area contributed by atoms with Crippen LogP contribution in [0.3, 0.4) is 0 Å². The van der Waals surface area contributed by atoms with Crippen molar-refractivity contribution in [2.24, 2.45) is 11.8 Å². The van der Waals surface area contributed by atoms with Gasteiger partial charge in [-0.1, -0.05) is 0 Å². The minimum absolute atomic E-state index is 0.0887. The van der Waals surface area contributed by atoms with Crippen LogP contribution in [-0.2, 0) is 15.0 Å². The molecule has 1 aliphatic heterocycles. The van der Waals surface area contributed by atoms with Gasteiger partial charge in [-0.3, -0.25) is 14.4 Å². The molecule has 1 fully saturated rings. The molecule has 2 atom stereocenters. The maximum atomic E-state index is 12.5. The molecule has 1 heterocycles. The SMILES string of the molecule is CC1(C)C(=O)Nc2ccc(C(=O)[C@H]3CC[C@H]3C(=O)O)cc21. The van der Waals surface area contributed by atoms with E-state index < -0.39 is 23.2 Å². The number of ketones is 1. The Bertz CT molecular complexity index is 662. The van der Waals surface area contributed by atoms with Crippen LogP contribution in [-0.4, -0.2) is 22.8 Å². The topological polar surface area (TPSA) is 83.5 Å². The van der Waals surface area contributed by atoms with Gasteiger partial charge in [-0.2, -0.15) is 0 Å². The van der Waals surface area contributed by atoms with Crippen molar-refractivity contribution in [1.29, 1.82) is 0 Å². The second kappa shape index (κ2) is 4.41. The maximum absolute atomic E-state index is 12.5. The minimum atomic E-state index is -0.905. The van der Waals surface area contributed by atoms with Crippen molar-refractivity contribution in [3.63, 3.8) is 0 Å². The largest absolute Gasteiger partial charge is 0.481 e. The zero-order chi connectivity index (χ0) is 15.4. The van der Waals surface area contributed by atoms with Gasteiger partial charge >= 0.3 is 5.97 Å². The summed E-state index contributed by atoms with van der Waals surface area (Å²) in [5.74, 6) is -2.13. The smallest absolute Gasteiger partial charge is 0.307 e. The first-order valence-electron chi connectivity index (χ1n) is 7.05. The van der Waals surface area contributed by atoms with Gasteiger partial charge in [0.15, 0.2) is 5.78 Å². The van der Waals surface area contributed by atoms with Crippen LogP contribution < -0.4 is 5.32 Å². The van der Waals surface area contributed by atoms with E-state index in [1.54, 1.807) is 18.2 Å². The first kappa shape index (κ1) is 13.8. The van der Waals surface area contributed by atoms with Crippen molar-refractivity contribution < 1.29 is 19.5 Å². The Labute approximate surface area is 122 Å². The van der Waals surface area contributed by atoms with Crippen LogP contribution in [0, 0.1) is 11.8 Å². The Morgan fingerprint density at radius 1 is 1.24 bits per heavy atom. The average molecular weight is 287 g/mol. The molecule has 0 bridgehead atoms. The van der Waals surface area contributed by atoms with Crippen LogP contribution in [0.5, 0.6) is 0 Å². The standard InChI is InChI=1S/C16H17NO4/c1-16(2)11-7-8(3-6-12(11)17-15(16)21)13(18)9-4-5-10(9)14(19)20/h3,6-7,9-10H,4-5H2,1-2H3,(H,17,21)(H,19,20)/t9-,10+/m0/s1. The third-order valence-electron chi connectivity index (χ3n) is 4.72. The molecule has 5 nitrogen and oxygen atoms in total. The minimum Gasteiger partial charge on any atom is -0.481 e. The number of carbonyl (C=O) groups is 3. The lowest BCUT2D eigenvalue weighted by Crippen LogP contribution is -2.38. The highest BCUT2D eigenvalue weighted by Gasteiger charge is 2.43. The zero-order valence-electron chi connectivity index (χ0n) is 12.0. The highest BCUT2D eigenvalue weighted by molar-refractivity contribution is 6.07. The van der Waals surface area contributed by atoms with E-state index in [-0.39, 0.29) is 11.7 Å². The van der Waals surface area contributed by atoms with Crippen LogP contribution in [0.15, 0.2) is 18.2 Å². The summed E-state index contributed by atoms with van der Waals surface area (Å²) in [6, 6.07) is 5.12. The van der Waals surface area contributed by atoms with Gasteiger partial charge in [-0.15, -0.1) is 0 Å². The van der Waals surface area contributed by atoms with Crippen molar-refractivity contribution in [1.82, 2.24) is 0 Å². The summed E-state index contributed by atoms with van der Waals surface area (Å²) in [7, 11) is 0. The van der Waals surface area contributed by atoms with E-state index in [2.05, 4.69) is 5.32 Å². The predicted molar refractivity (Wildman–Crippen MR) is 76.3 cm³/mol. The predicted octanol–water partition coefficient (Wildman–Crippen LogP) is 2.21. The molecule has 0 aromatic heterocycles. The summed E-state index contributed by atoms with van der Waals surface area (Å²) in [6.07, 6.45) is 1.18. The van der Waals surface area contributed by atoms with Crippen LogP contribution in [0.2, 0.25) is 0 Å². The number of aliphatic carboxylic acids is 1. The molecule has 1 aromatic rings. The fourth-order valence-electron chi connectivity index (χ4n) is 3.05. The van der Waals surface area contributed by atoms with Gasteiger partial charge in [-0.25, -0.2) is 0 Å². The highest BCUT2D eigenvalue weighted by Crippen LogP contribution is 2.40. The normalized spacial score (nSPS) is 25.7. The molecule has 110 valence electrons. The van der Waals surface area contributed by atoms with E-state index in [4.69, 9.17) is 5.11 Å². The number of carboxylic acid groups (broad SMARTS) is 1. The van der Waals surface area contributed by atoms with Gasteiger partial charge in [0, 0.05) is 17.2 Å². The fourth-order valence-corrected chi connectivity index (χ4v) is 3.05. The zero-order valence-corrected chi connectivity index (χ0v) is 12.0. The molecule has 5 heteroatoms. The van der Waals surface area contributed by atoms with Gasteiger partial charge < -0.3 is 10.4 Å². The molecule has 1 aliphatic carbocycles. The molecule has 1 saturated carbocycles. The first-order chi connectivity index (χ1) is 9.82. The molecule has 0 radical (unpaired) electrons. The van der Waals surface area contributed by atoms with E-state index in [9.17, 15) is 14.4 Å². The van der Waals surface area contributed by atoms with E-state index in [0.29, 0.717) is 18.4 Å². The third-order valence-corrected chi connectivity index (χ3v) is 4.72. The Kier molecular flexibility index (Phi) is 2.90. The average Bonchev–Trinajstić information content (AvgIpc) is 2.58. The van der Waals surface area contributed by atoms with E-state index in [1.807, 2.05) is 13.8 Å². The van der Waals surface area contributed by atoms with Crippen molar-refractivity contribution in [3.05, 3.63) is 29.3 Å². The van der Waals surface area contributed by atoms with E-state index in [1.165, 1.54) is 0 Å². The third kappa shape index (κ3) is 1.95. The molecule has 2 N–H and O–H groups in total. The summed E-state index contributed by atoms with van der Waals surface area (Å²) >= 11 is 0. The lowest BCUT2D eigenvalue weighted by Gasteiger charge is -2.32. The van der Waals surface area contributed by atoms with Gasteiger partial charge in [0.1, 0.15) is 0 Å². The summed E-state index contributed by atoms with van der Waals surface area (Å²) in [6.45, 7) is 3.62. The van der Waals surface area contributed by atoms with Crippen LogP contribution in [0.4, 0.5) is 5.69 Å². The molecule has 2 aliphatic rings. The van der Waals surface area contributed by atoms with E-state index >= 15 is 0 Å². The molecule has 3 rings (SSSR count). The second-order valence-electron chi connectivity index (χ2n) is 6.33. The van der Waals surface area contributed by atoms with Gasteiger partial charge in [-0.05, 0) is 50.5 Å². The number of carbonyl (C=O) groups excluding carboxylic acids is 2. The van der Waals surface area contributed by atoms with Gasteiger partial charge in [0.25, 0.3) is 0 Å². The molecule has 1 amide bonds. The summed E-state index contributed by atoms with van der Waals surface area (Å²) in [4.78, 5) is 35.4. The van der Waals surface area contributed by atoms with Crippen molar-refractivity contribution >= 4 is 23.3 Å².